The van der Waals surface area contributed by atoms with Crippen LogP contribution in [0.1, 0.15) is 41.3 Å². The molecule has 31 heavy (non-hydrogen) atoms. The van der Waals surface area contributed by atoms with Gasteiger partial charge in [0.15, 0.2) is 0 Å². The molecule has 0 saturated carbocycles. The number of fused-ring (bicyclic) bond motifs is 3. The number of anilines is 1. The largest absolute Gasteiger partial charge is 0.393 e. The smallest absolute Gasteiger partial charge is 0.252 e. The van der Waals surface area contributed by atoms with Crippen molar-refractivity contribution in [1.29, 1.82) is 0 Å². The summed E-state index contributed by atoms with van der Waals surface area (Å²) < 4.78 is 0. The van der Waals surface area contributed by atoms with Gasteiger partial charge in [0, 0.05) is 36.7 Å². The summed E-state index contributed by atoms with van der Waals surface area (Å²) in [7, 11) is 0. The van der Waals surface area contributed by atoms with Gasteiger partial charge in [-0.15, -0.1) is 0 Å². The molecule has 0 bridgehead atoms. The number of aromatic nitrogens is 2. The van der Waals surface area contributed by atoms with Crippen LogP contribution in [-0.2, 0) is 4.79 Å². The number of rotatable bonds is 4. The summed E-state index contributed by atoms with van der Waals surface area (Å²) in [5.41, 5.74) is 7.39. The van der Waals surface area contributed by atoms with Crippen LogP contribution in [0.2, 0.25) is 0 Å². The summed E-state index contributed by atoms with van der Waals surface area (Å²) in [6.45, 7) is 1.60. The van der Waals surface area contributed by atoms with Crippen LogP contribution < -0.4 is 16.0 Å². The number of H-pyrrole nitrogens is 1. The lowest BCUT2D eigenvalue weighted by Gasteiger charge is -2.39. The van der Waals surface area contributed by atoms with E-state index in [-0.39, 0.29) is 11.5 Å². The maximum atomic E-state index is 12.6. The number of aromatic amines is 1. The van der Waals surface area contributed by atoms with Gasteiger partial charge in [-0.25, -0.2) is 4.98 Å². The first kappa shape index (κ1) is 19.8. The zero-order valence-electron chi connectivity index (χ0n) is 17.0. The third kappa shape index (κ3) is 3.03. The van der Waals surface area contributed by atoms with Gasteiger partial charge in [-0.2, -0.15) is 0 Å². The standard InChI is InChI=1S/C22H25N5O4/c23-19(30)14-9-25-20(27-7-1-4-22(11-27)5-6-24-21(22)31)17-13-8-12(16(29)10-28)2-3-15(13)26-18(14)17/h2-3,8-9,16,26,28-29H,1,4-7,10-11H2,(H2,23,30)(H,24,31). The molecule has 2 fully saturated rings. The molecule has 1 aromatic carbocycles. The van der Waals surface area contributed by atoms with Crippen molar-refractivity contribution in [3.05, 3.63) is 35.5 Å². The van der Waals surface area contributed by atoms with Crippen molar-refractivity contribution >= 4 is 39.4 Å². The lowest BCUT2D eigenvalue weighted by atomic mass is 9.78. The number of piperidine rings is 1. The lowest BCUT2D eigenvalue weighted by Crippen LogP contribution is -2.47. The van der Waals surface area contributed by atoms with Crippen molar-refractivity contribution in [2.24, 2.45) is 11.1 Å². The minimum absolute atomic E-state index is 0.0921. The van der Waals surface area contributed by atoms with Crippen molar-refractivity contribution < 1.29 is 19.8 Å². The van der Waals surface area contributed by atoms with Gasteiger partial charge < -0.3 is 31.1 Å². The van der Waals surface area contributed by atoms with Crippen LogP contribution >= 0.6 is 0 Å². The van der Waals surface area contributed by atoms with Crippen molar-refractivity contribution in [3.8, 4) is 0 Å². The fraction of sp³-hybridized carbons (Fsp3) is 0.409. The molecule has 2 atom stereocenters. The SMILES string of the molecule is NC(=O)c1cnc(N2CCCC3(CCNC3=O)C2)c2c1[nH]c1ccc(C(O)CO)cc12. The van der Waals surface area contributed by atoms with E-state index in [1.165, 1.54) is 6.20 Å². The van der Waals surface area contributed by atoms with Gasteiger partial charge in [0.05, 0.1) is 28.5 Å². The Morgan fingerprint density at radius 3 is 2.90 bits per heavy atom. The molecule has 2 aliphatic heterocycles. The summed E-state index contributed by atoms with van der Waals surface area (Å²) in [6.07, 6.45) is 2.98. The Bertz CT molecular complexity index is 1210. The number of amides is 2. The molecule has 5 rings (SSSR count). The second kappa shape index (κ2) is 7.21. The minimum atomic E-state index is -1.01. The maximum absolute atomic E-state index is 12.6. The number of aliphatic hydroxyl groups excluding tert-OH is 2. The summed E-state index contributed by atoms with van der Waals surface area (Å²) >= 11 is 0. The highest BCUT2D eigenvalue weighted by atomic mass is 16.3. The second-order valence-corrected chi connectivity index (χ2v) is 8.55. The van der Waals surface area contributed by atoms with Gasteiger partial charge in [-0.05, 0) is 37.0 Å². The highest BCUT2D eigenvalue weighted by molar-refractivity contribution is 6.18. The summed E-state index contributed by atoms with van der Waals surface area (Å²) in [4.78, 5) is 34.6. The highest BCUT2D eigenvalue weighted by Crippen LogP contribution is 2.41. The van der Waals surface area contributed by atoms with Crippen LogP contribution in [0.4, 0.5) is 5.82 Å². The molecule has 1 spiro atoms. The normalized spacial score (nSPS) is 22.4. The number of benzene rings is 1. The molecule has 2 unspecified atom stereocenters. The van der Waals surface area contributed by atoms with E-state index >= 15 is 0 Å². The van der Waals surface area contributed by atoms with Gasteiger partial charge in [-0.1, -0.05) is 6.07 Å². The minimum Gasteiger partial charge on any atom is -0.393 e. The lowest BCUT2D eigenvalue weighted by molar-refractivity contribution is -0.128. The summed E-state index contributed by atoms with van der Waals surface area (Å²) in [6, 6.07) is 5.33. The van der Waals surface area contributed by atoms with Gasteiger partial charge in [0.2, 0.25) is 5.91 Å². The van der Waals surface area contributed by atoms with Crippen LogP contribution in [0.25, 0.3) is 21.8 Å². The topological polar surface area (TPSA) is 145 Å². The molecule has 2 amide bonds. The van der Waals surface area contributed by atoms with Crippen LogP contribution in [-0.4, -0.2) is 58.2 Å². The number of carbonyl (C=O) groups is 2. The number of primary amides is 1. The van der Waals surface area contributed by atoms with Gasteiger partial charge in [0.25, 0.3) is 5.91 Å². The van der Waals surface area contributed by atoms with Crippen LogP contribution in [0.5, 0.6) is 0 Å². The summed E-state index contributed by atoms with van der Waals surface area (Å²) in [5.74, 6) is 0.187. The number of nitrogens with one attached hydrogen (secondary N) is 2. The molecule has 2 aromatic heterocycles. The molecule has 9 heteroatoms. The van der Waals surface area contributed by atoms with E-state index in [4.69, 9.17) is 5.73 Å². The predicted octanol–water partition coefficient (Wildman–Crippen LogP) is 0.947. The third-order valence-corrected chi connectivity index (χ3v) is 6.70. The molecule has 4 heterocycles. The van der Waals surface area contributed by atoms with E-state index in [0.29, 0.717) is 30.0 Å². The van der Waals surface area contributed by atoms with Crippen molar-refractivity contribution in [2.45, 2.75) is 25.4 Å². The van der Waals surface area contributed by atoms with Gasteiger partial charge >= 0.3 is 0 Å². The molecular weight excluding hydrogens is 398 g/mol. The molecule has 6 N–H and O–H groups in total. The average Bonchev–Trinajstić information content (AvgIpc) is 3.32. The van der Waals surface area contributed by atoms with E-state index in [9.17, 15) is 19.8 Å². The first-order valence-electron chi connectivity index (χ1n) is 10.5. The highest BCUT2D eigenvalue weighted by Gasteiger charge is 2.45. The van der Waals surface area contributed by atoms with E-state index in [1.54, 1.807) is 18.2 Å². The molecule has 0 aliphatic carbocycles. The number of nitrogens with two attached hydrogens (primary N) is 1. The van der Waals surface area contributed by atoms with Crippen molar-refractivity contribution in [2.75, 3.05) is 31.1 Å². The quantitative estimate of drug-likeness (QED) is 0.422. The Morgan fingerprint density at radius 2 is 2.19 bits per heavy atom. The van der Waals surface area contributed by atoms with E-state index < -0.39 is 24.0 Å². The van der Waals surface area contributed by atoms with E-state index in [1.807, 2.05) is 0 Å². The van der Waals surface area contributed by atoms with Crippen LogP contribution in [0.15, 0.2) is 24.4 Å². The first-order valence-corrected chi connectivity index (χ1v) is 10.5. The number of hydrogen-bond acceptors (Lipinski definition) is 6. The Hall–Kier alpha value is -3.17. The van der Waals surface area contributed by atoms with E-state index in [2.05, 4.69) is 20.2 Å². The Kier molecular flexibility index (Phi) is 4.60. The van der Waals surface area contributed by atoms with Crippen LogP contribution in [0.3, 0.4) is 0 Å². The predicted molar refractivity (Wildman–Crippen MR) is 116 cm³/mol. The van der Waals surface area contributed by atoms with Crippen molar-refractivity contribution in [1.82, 2.24) is 15.3 Å². The van der Waals surface area contributed by atoms with Crippen LogP contribution in [0, 0.1) is 5.41 Å². The monoisotopic (exact) mass is 423 g/mol. The molecule has 0 radical (unpaired) electrons. The van der Waals surface area contributed by atoms with Gasteiger partial charge in [0.1, 0.15) is 11.9 Å². The van der Waals surface area contributed by atoms with E-state index in [0.717, 1.165) is 42.1 Å². The molecule has 162 valence electrons. The number of hydrogen-bond donors (Lipinski definition) is 5. The number of aliphatic hydroxyl groups is 2. The first-order chi connectivity index (χ1) is 14.9. The molecule has 2 aliphatic rings. The second-order valence-electron chi connectivity index (χ2n) is 8.55. The maximum Gasteiger partial charge on any atom is 0.252 e. The Labute approximate surface area is 178 Å². The third-order valence-electron chi connectivity index (χ3n) is 6.70. The van der Waals surface area contributed by atoms with Gasteiger partial charge in [-0.3, -0.25) is 9.59 Å². The number of carbonyl (C=O) groups excluding carboxylic acids is 2. The average molecular weight is 423 g/mol. The molecular formula is C22H25N5O4. The van der Waals surface area contributed by atoms with Crippen molar-refractivity contribution in [3.63, 3.8) is 0 Å². The summed E-state index contributed by atoms with van der Waals surface area (Å²) in [5, 5.41) is 24.0. The number of nitrogens with zero attached hydrogens (tertiary/aromatic N) is 2. The molecule has 9 nitrogen and oxygen atoms in total. The Morgan fingerprint density at radius 1 is 1.35 bits per heavy atom. The fourth-order valence-corrected chi connectivity index (χ4v) is 5.06. The zero-order chi connectivity index (χ0) is 21.8. The number of pyridine rings is 1. The molecule has 2 saturated heterocycles. The Balaban J connectivity index is 1.71. The molecule has 3 aromatic rings. The fourth-order valence-electron chi connectivity index (χ4n) is 5.06. The zero-order valence-corrected chi connectivity index (χ0v) is 17.0.